The Hall–Kier alpha value is -2.04. The van der Waals surface area contributed by atoms with E-state index in [9.17, 15) is 14.7 Å². The molecule has 0 aliphatic rings. The van der Waals surface area contributed by atoms with Gasteiger partial charge in [-0.05, 0) is 30.5 Å². The van der Waals surface area contributed by atoms with E-state index in [0.29, 0.717) is 11.1 Å². The summed E-state index contributed by atoms with van der Waals surface area (Å²) in [5.41, 5.74) is 0.829. The number of carboxylic acids is 2. The molecule has 0 saturated carbocycles. The second kappa shape index (κ2) is 4.65. The van der Waals surface area contributed by atoms with Crippen molar-refractivity contribution >= 4 is 11.9 Å². The summed E-state index contributed by atoms with van der Waals surface area (Å²) in [6, 6.07) is 2.94. The number of rotatable bonds is 4. The third-order valence-corrected chi connectivity index (χ3v) is 2.17. The van der Waals surface area contributed by atoms with Gasteiger partial charge < -0.3 is 15.3 Å². The Morgan fingerprint density at radius 2 is 1.88 bits per heavy atom. The monoisotopic (exact) mass is 224 g/mol. The highest BCUT2D eigenvalue weighted by Crippen LogP contribution is 2.25. The Labute approximate surface area is 92.0 Å². The minimum absolute atomic E-state index is 0.114. The molecule has 0 saturated heterocycles. The largest absolute Gasteiger partial charge is 0.507 e. The molecule has 1 aromatic rings. The molecule has 0 unspecified atom stereocenters. The topological polar surface area (TPSA) is 94.8 Å². The average molecular weight is 224 g/mol. The summed E-state index contributed by atoms with van der Waals surface area (Å²) in [5, 5.41) is 27.0. The molecule has 1 rings (SSSR count). The summed E-state index contributed by atoms with van der Waals surface area (Å²) < 4.78 is 0. The van der Waals surface area contributed by atoms with Crippen molar-refractivity contribution < 1.29 is 24.9 Å². The normalized spacial score (nSPS) is 10.1. The van der Waals surface area contributed by atoms with Crippen LogP contribution in [0.2, 0.25) is 0 Å². The average Bonchev–Trinajstić information content (AvgIpc) is 2.18. The number of aromatic hydroxyl groups is 1. The molecule has 5 nitrogen and oxygen atoms in total. The van der Waals surface area contributed by atoms with Crippen LogP contribution in [-0.2, 0) is 11.2 Å². The van der Waals surface area contributed by atoms with Crippen molar-refractivity contribution in [2.45, 2.75) is 19.8 Å². The lowest BCUT2D eigenvalue weighted by Gasteiger charge is -2.07. The van der Waals surface area contributed by atoms with Crippen LogP contribution in [0, 0.1) is 6.92 Å². The number of carbonyl (C=O) groups is 2. The molecule has 0 heterocycles. The number of aromatic carboxylic acids is 1. The van der Waals surface area contributed by atoms with Crippen molar-refractivity contribution in [3.63, 3.8) is 0 Å². The molecular weight excluding hydrogens is 212 g/mol. The van der Waals surface area contributed by atoms with Crippen LogP contribution < -0.4 is 0 Å². The van der Waals surface area contributed by atoms with Crippen molar-refractivity contribution in [1.82, 2.24) is 0 Å². The molecule has 0 amide bonds. The fourth-order valence-electron chi connectivity index (χ4n) is 1.45. The van der Waals surface area contributed by atoms with Crippen molar-refractivity contribution in [3.8, 4) is 5.75 Å². The standard InChI is InChI=1S/C11H12O5/c1-6-4-7(2-3-9(12)13)10(14)8(5-6)11(15)16/h4-5,14H,2-3H2,1H3,(H,12,13)(H,15,16). The van der Waals surface area contributed by atoms with Gasteiger partial charge >= 0.3 is 11.9 Å². The number of aryl methyl sites for hydroxylation is 2. The van der Waals surface area contributed by atoms with E-state index in [0.717, 1.165) is 0 Å². The molecule has 0 atom stereocenters. The number of carboxylic acid groups (broad SMARTS) is 2. The summed E-state index contributed by atoms with van der Waals surface area (Å²) in [7, 11) is 0. The highest BCUT2D eigenvalue weighted by Gasteiger charge is 2.14. The molecule has 0 aliphatic heterocycles. The molecule has 0 aromatic heterocycles. The van der Waals surface area contributed by atoms with Gasteiger partial charge in [-0.15, -0.1) is 0 Å². The summed E-state index contributed by atoms with van der Waals surface area (Å²) in [4.78, 5) is 21.2. The Kier molecular flexibility index (Phi) is 3.50. The van der Waals surface area contributed by atoms with Gasteiger partial charge in [-0.2, -0.15) is 0 Å². The summed E-state index contributed by atoms with van der Waals surface area (Å²) in [6.07, 6.45) is -0.0286. The summed E-state index contributed by atoms with van der Waals surface area (Å²) in [6.45, 7) is 1.69. The van der Waals surface area contributed by atoms with E-state index in [1.165, 1.54) is 6.07 Å². The molecule has 0 aliphatic carbocycles. The number of benzene rings is 1. The quantitative estimate of drug-likeness (QED) is 0.718. The number of hydrogen-bond donors (Lipinski definition) is 3. The van der Waals surface area contributed by atoms with Crippen LogP contribution in [0.3, 0.4) is 0 Å². The minimum atomic E-state index is -1.22. The minimum Gasteiger partial charge on any atom is -0.507 e. The molecule has 16 heavy (non-hydrogen) atoms. The molecule has 0 bridgehead atoms. The lowest BCUT2D eigenvalue weighted by atomic mass is 10.0. The molecular formula is C11H12O5. The number of aliphatic carboxylic acids is 1. The van der Waals surface area contributed by atoms with Crippen LogP contribution in [0.25, 0.3) is 0 Å². The second-order valence-corrected chi connectivity index (χ2v) is 3.52. The Morgan fingerprint density at radius 3 is 2.38 bits per heavy atom. The van der Waals surface area contributed by atoms with Crippen molar-refractivity contribution in [2.24, 2.45) is 0 Å². The lowest BCUT2D eigenvalue weighted by Crippen LogP contribution is -2.03. The Morgan fingerprint density at radius 1 is 1.25 bits per heavy atom. The van der Waals surface area contributed by atoms with Gasteiger partial charge in [0.05, 0.1) is 0 Å². The highest BCUT2D eigenvalue weighted by atomic mass is 16.4. The van der Waals surface area contributed by atoms with E-state index in [1.807, 2.05) is 0 Å². The van der Waals surface area contributed by atoms with Crippen molar-refractivity contribution in [2.75, 3.05) is 0 Å². The third kappa shape index (κ3) is 2.73. The van der Waals surface area contributed by atoms with E-state index in [2.05, 4.69) is 0 Å². The SMILES string of the molecule is Cc1cc(CCC(=O)O)c(O)c(C(=O)O)c1. The summed E-state index contributed by atoms with van der Waals surface area (Å²) >= 11 is 0. The zero-order valence-corrected chi connectivity index (χ0v) is 8.73. The van der Waals surface area contributed by atoms with Crippen LogP contribution in [-0.4, -0.2) is 27.3 Å². The van der Waals surface area contributed by atoms with Gasteiger partial charge in [-0.1, -0.05) is 6.07 Å². The van der Waals surface area contributed by atoms with E-state index in [-0.39, 0.29) is 24.2 Å². The van der Waals surface area contributed by atoms with Crippen LogP contribution >= 0.6 is 0 Å². The maximum Gasteiger partial charge on any atom is 0.339 e. The molecule has 0 fully saturated rings. The number of phenols is 1. The zero-order valence-electron chi connectivity index (χ0n) is 8.73. The fraction of sp³-hybridized carbons (Fsp3) is 0.273. The van der Waals surface area contributed by atoms with E-state index >= 15 is 0 Å². The van der Waals surface area contributed by atoms with E-state index < -0.39 is 11.9 Å². The van der Waals surface area contributed by atoms with Gasteiger partial charge in [-0.25, -0.2) is 4.79 Å². The highest BCUT2D eigenvalue weighted by molar-refractivity contribution is 5.91. The van der Waals surface area contributed by atoms with Crippen molar-refractivity contribution in [1.29, 1.82) is 0 Å². The lowest BCUT2D eigenvalue weighted by molar-refractivity contribution is -0.136. The molecule has 1 aromatic carbocycles. The molecule has 3 N–H and O–H groups in total. The van der Waals surface area contributed by atoms with Gasteiger partial charge in [0, 0.05) is 6.42 Å². The predicted molar refractivity (Wildman–Crippen MR) is 55.8 cm³/mol. The first-order chi connectivity index (χ1) is 7.41. The van der Waals surface area contributed by atoms with E-state index in [1.54, 1.807) is 13.0 Å². The summed E-state index contributed by atoms with van der Waals surface area (Å²) in [5.74, 6) is -2.56. The van der Waals surface area contributed by atoms with Gasteiger partial charge in [0.15, 0.2) is 0 Å². The van der Waals surface area contributed by atoms with Gasteiger partial charge in [0.25, 0.3) is 0 Å². The molecule has 5 heteroatoms. The smallest absolute Gasteiger partial charge is 0.339 e. The van der Waals surface area contributed by atoms with Crippen LogP contribution in [0.5, 0.6) is 5.75 Å². The first-order valence-electron chi connectivity index (χ1n) is 4.69. The first kappa shape index (κ1) is 12.0. The van der Waals surface area contributed by atoms with Crippen molar-refractivity contribution in [3.05, 3.63) is 28.8 Å². The fourth-order valence-corrected chi connectivity index (χ4v) is 1.45. The molecule has 86 valence electrons. The molecule has 0 radical (unpaired) electrons. The third-order valence-electron chi connectivity index (χ3n) is 2.17. The van der Waals surface area contributed by atoms with Crippen LogP contribution in [0.15, 0.2) is 12.1 Å². The number of hydrogen-bond acceptors (Lipinski definition) is 3. The zero-order chi connectivity index (χ0) is 12.3. The maximum atomic E-state index is 10.8. The molecule has 0 spiro atoms. The first-order valence-corrected chi connectivity index (χ1v) is 4.69. The Balaban J connectivity index is 3.09. The van der Waals surface area contributed by atoms with E-state index in [4.69, 9.17) is 10.2 Å². The van der Waals surface area contributed by atoms with Crippen LogP contribution in [0.4, 0.5) is 0 Å². The maximum absolute atomic E-state index is 10.8. The van der Waals surface area contributed by atoms with Crippen LogP contribution in [0.1, 0.15) is 27.9 Å². The Bertz CT molecular complexity index is 436. The second-order valence-electron chi connectivity index (χ2n) is 3.52. The predicted octanol–water partition coefficient (Wildman–Crippen LogP) is 1.42. The van der Waals surface area contributed by atoms with Gasteiger partial charge in [0.1, 0.15) is 11.3 Å². The van der Waals surface area contributed by atoms with Gasteiger partial charge in [0.2, 0.25) is 0 Å². The van der Waals surface area contributed by atoms with Gasteiger partial charge in [-0.3, -0.25) is 4.79 Å².